The van der Waals surface area contributed by atoms with E-state index >= 15 is 0 Å². The van der Waals surface area contributed by atoms with Gasteiger partial charge in [-0.3, -0.25) is 4.79 Å². The van der Waals surface area contributed by atoms with E-state index in [-0.39, 0.29) is 11.9 Å². The van der Waals surface area contributed by atoms with Gasteiger partial charge in [-0.1, -0.05) is 0 Å². The number of amides is 1. The summed E-state index contributed by atoms with van der Waals surface area (Å²) in [6.07, 6.45) is 0.320. The van der Waals surface area contributed by atoms with E-state index < -0.39 is 0 Å². The van der Waals surface area contributed by atoms with Crippen LogP contribution in [0, 0.1) is 0 Å². The van der Waals surface area contributed by atoms with Gasteiger partial charge in [0.2, 0.25) is 11.7 Å². The van der Waals surface area contributed by atoms with Gasteiger partial charge < -0.3 is 24.4 Å². The Hall–Kier alpha value is -1.95. The summed E-state index contributed by atoms with van der Waals surface area (Å²) in [6.45, 7) is 4.47. The zero-order valence-corrected chi connectivity index (χ0v) is 13.6. The van der Waals surface area contributed by atoms with E-state index in [9.17, 15) is 4.79 Å². The molecule has 1 fully saturated rings. The van der Waals surface area contributed by atoms with E-state index in [4.69, 9.17) is 14.2 Å². The summed E-state index contributed by atoms with van der Waals surface area (Å²) in [5.74, 6) is 1.79. The fourth-order valence-corrected chi connectivity index (χ4v) is 2.73. The molecule has 1 N–H and O–H groups in total. The fourth-order valence-electron chi connectivity index (χ4n) is 2.73. The molecule has 1 aromatic carbocycles. The first kappa shape index (κ1) is 16.4. The van der Waals surface area contributed by atoms with Crippen molar-refractivity contribution in [2.45, 2.75) is 19.4 Å². The van der Waals surface area contributed by atoms with Crippen molar-refractivity contribution in [1.29, 1.82) is 0 Å². The average Bonchev–Trinajstić information content (AvgIpc) is 2.54. The fraction of sp³-hybridized carbons (Fsp3) is 0.562. The van der Waals surface area contributed by atoms with Crippen LogP contribution in [-0.4, -0.2) is 57.8 Å². The lowest BCUT2D eigenvalue weighted by Crippen LogP contribution is -2.52. The Labute approximate surface area is 131 Å². The van der Waals surface area contributed by atoms with Crippen LogP contribution in [0.1, 0.15) is 12.5 Å². The summed E-state index contributed by atoms with van der Waals surface area (Å²) < 4.78 is 16.0. The van der Waals surface area contributed by atoms with Gasteiger partial charge in [0.05, 0.1) is 27.8 Å². The minimum atomic E-state index is 0.114. The van der Waals surface area contributed by atoms with Gasteiger partial charge in [-0.05, 0) is 24.6 Å². The van der Waals surface area contributed by atoms with Gasteiger partial charge in [-0.25, -0.2) is 0 Å². The van der Waals surface area contributed by atoms with E-state index in [1.807, 2.05) is 17.0 Å². The van der Waals surface area contributed by atoms with Crippen molar-refractivity contribution in [3.05, 3.63) is 17.7 Å². The number of rotatable bonds is 5. The highest BCUT2D eigenvalue weighted by Crippen LogP contribution is 2.38. The molecule has 0 saturated carbocycles. The molecule has 1 saturated heterocycles. The van der Waals surface area contributed by atoms with Crippen LogP contribution in [0.4, 0.5) is 0 Å². The molecule has 2 rings (SSSR count). The second-order valence-electron chi connectivity index (χ2n) is 5.35. The first-order valence-corrected chi connectivity index (χ1v) is 7.39. The minimum absolute atomic E-state index is 0.114. The summed E-state index contributed by atoms with van der Waals surface area (Å²) in [7, 11) is 4.70. The maximum atomic E-state index is 12.5. The predicted octanol–water partition coefficient (Wildman–Crippen LogP) is 1.08. The molecule has 0 unspecified atom stereocenters. The third-order valence-corrected chi connectivity index (χ3v) is 3.90. The Morgan fingerprint density at radius 1 is 1.23 bits per heavy atom. The molecule has 1 aliphatic rings. The topological polar surface area (TPSA) is 60.0 Å². The van der Waals surface area contributed by atoms with Gasteiger partial charge in [0.15, 0.2) is 11.5 Å². The quantitative estimate of drug-likeness (QED) is 0.882. The molecule has 0 radical (unpaired) electrons. The summed E-state index contributed by atoms with van der Waals surface area (Å²) in [6, 6.07) is 3.86. The number of methoxy groups -OCH3 is 3. The lowest BCUT2D eigenvalue weighted by Gasteiger charge is -2.34. The van der Waals surface area contributed by atoms with Gasteiger partial charge in [0.25, 0.3) is 0 Å². The molecule has 6 heteroatoms. The molecular formula is C16H24N2O4. The van der Waals surface area contributed by atoms with Gasteiger partial charge in [0, 0.05) is 25.7 Å². The molecule has 22 heavy (non-hydrogen) atoms. The lowest BCUT2D eigenvalue weighted by atomic mass is 10.1. The molecule has 1 aliphatic heterocycles. The van der Waals surface area contributed by atoms with Crippen LogP contribution in [0.15, 0.2) is 12.1 Å². The van der Waals surface area contributed by atoms with Crippen molar-refractivity contribution in [2.24, 2.45) is 0 Å². The van der Waals surface area contributed by atoms with Crippen LogP contribution in [0.5, 0.6) is 17.2 Å². The number of hydrogen-bond acceptors (Lipinski definition) is 5. The van der Waals surface area contributed by atoms with Crippen LogP contribution in [-0.2, 0) is 11.2 Å². The van der Waals surface area contributed by atoms with Gasteiger partial charge in [0.1, 0.15) is 0 Å². The van der Waals surface area contributed by atoms with Crippen LogP contribution < -0.4 is 19.5 Å². The minimum Gasteiger partial charge on any atom is -0.493 e. The molecular weight excluding hydrogens is 284 g/mol. The van der Waals surface area contributed by atoms with Crippen molar-refractivity contribution in [3.8, 4) is 17.2 Å². The Morgan fingerprint density at radius 3 is 2.36 bits per heavy atom. The molecule has 1 aromatic rings. The van der Waals surface area contributed by atoms with Crippen molar-refractivity contribution >= 4 is 5.91 Å². The number of carbonyl (C=O) groups excluding carboxylic acids is 1. The Morgan fingerprint density at radius 2 is 1.86 bits per heavy atom. The largest absolute Gasteiger partial charge is 0.493 e. The maximum Gasteiger partial charge on any atom is 0.227 e. The van der Waals surface area contributed by atoms with Crippen LogP contribution in [0.3, 0.4) is 0 Å². The number of hydrogen-bond donors (Lipinski definition) is 1. The number of nitrogens with one attached hydrogen (secondary N) is 1. The Balaban J connectivity index is 2.20. The monoisotopic (exact) mass is 308 g/mol. The van der Waals surface area contributed by atoms with Gasteiger partial charge in [-0.2, -0.15) is 0 Å². The zero-order valence-electron chi connectivity index (χ0n) is 13.6. The number of piperazine rings is 1. The smallest absolute Gasteiger partial charge is 0.227 e. The zero-order chi connectivity index (χ0) is 16.1. The number of carbonyl (C=O) groups is 1. The first-order chi connectivity index (χ1) is 10.6. The first-order valence-electron chi connectivity index (χ1n) is 7.39. The number of benzene rings is 1. The second-order valence-corrected chi connectivity index (χ2v) is 5.35. The molecule has 0 aliphatic carbocycles. The van der Waals surface area contributed by atoms with Crippen LogP contribution in [0.2, 0.25) is 0 Å². The summed E-state index contributed by atoms with van der Waals surface area (Å²) in [5, 5.41) is 3.28. The predicted molar refractivity (Wildman–Crippen MR) is 83.8 cm³/mol. The molecule has 0 spiro atoms. The Bertz CT molecular complexity index is 508. The average molecular weight is 308 g/mol. The van der Waals surface area contributed by atoms with Gasteiger partial charge >= 0.3 is 0 Å². The molecule has 6 nitrogen and oxygen atoms in total. The third kappa shape index (κ3) is 3.44. The van der Waals surface area contributed by atoms with Crippen LogP contribution >= 0.6 is 0 Å². The Kier molecular flexibility index (Phi) is 5.49. The summed E-state index contributed by atoms with van der Waals surface area (Å²) >= 11 is 0. The highest BCUT2D eigenvalue weighted by molar-refractivity contribution is 5.79. The van der Waals surface area contributed by atoms with Crippen molar-refractivity contribution < 1.29 is 19.0 Å². The van der Waals surface area contributed by atoms with Crippen molar-refractivity contribution in [1.82, 2.24) is 10.2 Å². The molecule has 0 aromatic heterocycles. The van der Waals surface area contributed by atoms with E-state index in [1.165, 1.54) is 0 Å². The van der Waals surface area contributed by atoms with Crippen molar-refractivity contribution in [3.63, 3.8) is 0 Å². The van der Waals surface area contributed by atoms with Crippen LogP contribution in [0.25, 0.3) is 0 Å². The lowest BCUT2D eigenvalue weighted by molar-refractivity contribution is -0.133. The third-order valence-electron chi connectivity index (χ3n) is 3.90. The van der Waals surface area contributed by atoms with E-state index in [0.717, 1.165) is 25.2 Å². The SMILES string of the molecule is COc1cc(CC(=O)N2CCNC[C@@H]2C)cc(OC)c1OC. The standard InChI is InChI=1S/C16H24N2O4/c1-11-10-17-5-6-18(11)15(19)9-12-7-13(20-2)16(22-4)14(8-12)21-3/h7-8,11,17H,5-6,9-10H2,1-4H3/t11-/m0/s1. The maximum absolute atomic E-state index is 12.5. The highest BCUT2D eigenvalue weighted by atomic mass is 16.5. The van der Waals surface area contributed by atoms with E-state index in [2.05, 4.69) is 12.2 Å². The summed E-state index contributed by atoms with van der Waals surface area (Å²) in [5.41, 5.74) is 0.852. The molecule has 1 heterocycles. The number of ether oxygens (including phenoxy) is 3. The number of nitrogens with zero attached hydrogens (tertiary/aromatic N) is 1. The second kappa shape index (κ2) is 7.35. The van der Waals surface area contributed by atoms with Crippen molar-refractivity contribution in [2.75, 3.05) is 41.0 Å². The summed E-state index contributed by atoms with van der Waals surface area (Å²) in [4.78, 5) is 14.4. The molecule has 1 amide bonds. The molecule has 1 atom stereocenters. The van der Waals surface area contributed by atoms with Gasteiger partial charge in [-0.15, -0.1) is 0 Å². The molecule has 122 valence electrons. The normalized spacial score (nSPS) is 18.0. The highest BCUT2D eigenvalue weighted by Gasteiger charge is 2.24. The van der Waals surface area contributed by atoms with E-state index in [1.54, 1.807) is 21.3 Å². The molecule has 0 bridgehead atoms. The van der Waals surface area contributed by atoms with E-state index in [0.29, 0.717) is 23.7 Å².